The van der Waals surface area contributed by atoms with Crippen LogP contribution in [-0.4, -0.2) is 32.1 Å². The van der Waals surface area contributed by atoms with Crippen molar-refractivity contribution in [2.45, 2.75) is 0 Å². The van der Waals surface area contributed by atoms with E-state index in [1.807, 2.05) is 0 Å². The number of nitrogens with two attached hydrogens (primary N) is 1. The summed E-state index contributed by atoms with van der Waals surface area (Å²) in [7, 11) is 4.17. The van der Waals surface area contributed by atoms with Crippen molar-refractivity contribution >= 4 is 0 Å². The Labute approximate surface area is 68.4 Å². The maximum Gasteiger partial charge on any atom is 0.0146 e. The van der Waals surface area contributed by atoms with Crippen LogP contribution in [0.4, 0.5) is 0 Å². The van der Waals surface area contributed by atoms with Gasteiger partial charge in [0.25, 0.3) is 0 Å². The van der Waals surface area contributed by atoms with Gasteiger partial charge in [0.2, 0.25) is 0 Å². The van der Waals surface area contributed by atoms with Gasteiger partial charge in [0.05, 0.1) is 0 Å². The van der Waals surface area contributed by atoms with Crippen molar-refractivity contribution in [1.29, 1.82) is 0 Å². The Morgan fingerprint density at radius 1 is 1.55 bits per heavy atom. The van der Waals surface area contributed by atoms with Crippen molar-refractivity contribution in [2.24, 2.45) is 11.7 Å². The number of hydrogen-bond donors (Lipinski definition) is 1. The lowest BCUT2D eigenvalue weighted by Crippen LogP contribution is -2.23. The first-order valence-electron chi connectivity index (χ1n) is 3.96. The van der Waals surface area contributed by atoms with Crippen molar-refractivity contribution in [3.05, 3.63) is 23.8 Å². The van der Waals surface area contributed by atoms with Crippen molar-refractivity contribution < 1.29 is 0 Å². The highest BCUT2D eigenvalue weighted by molar-refractivity contribution is 5.28. The second-order valence-electron chi connectivity index (χ2n) is 3.20. The molecule has 0 fully saturated rings. The molecular weight excluding hydrogens is 136 g/mol. The normalized spacial score (nSPS) is 22.9. The molecule has 0 radical (unpaired) electrons. The maximum atomic E-state index is 5.57. The Morgan fingerprint density at radius 2 is 2.27 bits per heavy atom. The predicted molar refractivity (Wildman–Crippen MR) is 48.3 cm³/mol. The van der Waals surface area contributed by atoms with E-state index in [0.29, 0.717) is 12.5 Å². The van der Waals surface area contributed by atoms with Gasteiger partial charge in [0.1, 0.15) is 0 Å². The summed E-state index contributed by atoms with van der Waals surface area (Å²) in [5.74, 6) is 0.551. The van der Waals surface area contributed by atoms with E-state index in [1.54, 1.807) is 0 Å². The molecule has 0 bridgehead atoms. The molecule has 0 spiro atoms. The first-order chi connectivity index (χ1) is 5.24. The molecule has 1 aliphatic rings. The summed E-state index contributed by atoms with van der Waals surface area (Å²) in [6.07, 6.45) is 6.42. The van der Waals surface area contributed by atoms with Crippen LogP contribution in [0.5, 0.6) is 0 Å². The first kappa shape index (κ1) is 8.50. The summed E-state index contributed by atoms with van der Waals surface area (Å²) >= 11 is 0. The Kier molecular flexibility index (Phi) is 2.85. The Balaban J connectivity index is 2.46. The lowest BCUT2D eigenvalue weighted by atomic mass is 10.0. The molecule has 2 nitrogen and oxygen atoms in total. The average molecular weight is 152 g/mol. The topological polar surface area (TPSA) is 29.3 Å². The van der Waals surface area contributed by atoms with Gasteiger partial charge < -0.3 is 10.6 Å². The van der Waals surface area contributed by atoms with E-state index in [2.05, 4.69) is 37.2 Å². The van der Waals surface area contributed by atoms with E-state index in [0.717, 1.165) is 6.54 Å². The molecule has 2 heteroatoms. The minimum atomic E-state index is 0.551. The van der Waals surface area contributed by atoms with Crippen molar-refractivity contribution in [3.63, 3.8) is 0 Å². The second-order valence-corrected chi connectivity index (χ2v) is 3.20. The van der Waals surface area contributed by atoms with E-state index in [4.69, 9.17) is 5.73 Å². The van der Waals surface area contributed by atoms with Crippen LogP contribution >= 0.6 is 0 Å². The molecule has 0 aromatic heterocycles. The van der Waals surface area contributed by atoms with Gasteiger partial charge in [-0.05, 0) is 19.7 Å². The third kappa shape index (κ3) is 2.17. The Morgan fingerprint density at radius 3 is 2.82 bits per heavy atom. The number of rotatable bonds is 3. The molecule has 0 aromatic rings. The van der Waals surface area contributed by atoms with Crippen LogP contribution in [0, 0.1) is 5.92 Å². The zero-order valence-electron chi connectivity index (χ0n) is 7.25. The molecule has 1 rings (SSSR count). The van der Waals surface area contributed by atoms with Gasteiger partial charge in [-0.2, -0.15) is 0 Å². The Bertz CT molecular complexity index is 180. The molecule has 0 aromatic carbocycles. The summed E-state index contributed by atoms with van der Waals surface area (Å²) in [6.45, 7) is 1.76. The van der Waals surface area contributed by atoms with Crippen LogP contribution in [0.25, 0.3) is 0 Å². The first-order valence-corrected chi connectivity index (χ1v) is 3.96. The van der Waals surface area contributed by atoms with Crippen LogP contribution in [0.1, 0.15) is 0 Å². The molecule has 0 saturated heterocycles. The standard InChI is InChI=1S/C9H16N2/c1-11(2)7-9-5-3-4-8(9)6-10/h3-5,9H,6-7,10H2,1-2H3. The molecule has 1 aliphatic carbocycles. The van der Waals surface area contributed by atoms with E-state index in [9.17, 15) is 0 Å². The molecule has 0 saturated carbocycles. The highest BCUT2D eigenvalue weighted by Crippen LogP contribution is 2.18. The van der Waals surface area contributed by atoms with Crippen LogP contribution in [-0.2, 0) is 0 Å². The van der Waals surface area contributed by atoms with Crippen LogP contribution in [0.3, 0.4) is 0 Å². The monoisotopic (exact) mass is 152 g/mol. The summed E-state index contributed by atoms with van der Waals surface area (Å²) in [5, 5.41) is 0. The van der Waals surface area contributed by atoms with Gasteiger partial charge in [0.15, 0.2) is 0 Å². The van der Waals surface area contributed by atoms with Crippen molar-refractivity contribution in [2.75, 3.05) is 27.2 Å². The van der Waals surface area contributed by atoms with Crippen LogP contribution in [0.15, 0.2) is 23.8 Å². The van der Waals surface area contributed by atoms with E-state index < -0.39 is 0 Å². The number of nitrogens with zero attached hydrogens (tertiary/aromatic N) is 1. The molecule has 0 heterocycles. The highest BCUT2D eigenvalue weighted by Gasteiger charge is 2.13. The molecular formula is C9H16N2. The van der Waals surface area contributed by atoms with E-state index in [1.165, 1.54) is 5.57 Å². The van der Waals surface area contributed by atoms with Gasteiger partial charge >= 0.3 is 0 Å². The molecule has 1 atom stereocenters. The lowest BCUT2D eigenvalue weighted by molar-refractivity contribution is 0.379. The average Bonchev–Trinajstić information content (AvgIpc) is 2.34. The summed E-state index contributed by atoms with van der Waals surface area (Å²) in [5.41, 5.74) is 6.92. The SMILES string of the molecule is CN(C)CC1C=CC=C1CN. The number of hydrogen-bond acceptors (Lipinski definition) is 2. The van der Waals surface area contributed by atoms with Gasteiger partial charge in [-0.15, -0.1) is 0 Å². The fourth-order valence-electron chi connectivity index (χ4n) is 1.35. The van der Waals surface area contributed by atoms with Crippen LogP contribution < -0.4 is 5.73 Å². The van der Waals surface area contributed by atoms with Crippen molar-refractivity contribution in [3.8, 4) is 0 Å². The smallest absolute Gasteiger partial charge is 0.0146 e. The molecule has 11 heavy (non-hydrogen) atoms. The summed E-state index contributed by atoms with van der Waals surface area (Å²) < 4.78 is 0. The fraction of sp³-hybridized carbons (Fsp3) is 0.556. The molecule has 2 N–H and O–H groups in total. The maximum absolute atomic E-state index is 5.57. The third-order valence-electron chi connectivity index (χ3n) is 1.93. The van der Waals surface area contributed by atoms with Gasteiger partial charge in [-0.25, -0.2) is 0 Å². The minimum Gasteiger partial charge on any atom is -0.327 e. The zero-order chi connectivity index (χ0) is 8.27. The van der Waals surface area contributed by atoms with Crippen molar-refractivity contribution in [1.82, 2.24) is 4.90 Å². The van der Waals surface area contributed by atoms with Gasteiger partial charge in [-0.1, -0.05) is 18.2 Å². The van der Waals surface area contributed by atoms with E-state index in [-0.39, 0.29) is 0 Å². The zero-order valence-corrected chi connectivity index (χ0v) is 7.25. The summed E-state index contributed by atoms with van der Waals surface area (Å²) in [4.78, 5) is 2.18. The van der Waals surface area contributed by atoms with E-state index >= 15 is 0 Å². The molecule has 1 unspecified atom stereocenters. The largest absolute Gasteiger partial charge is 0.327 e. The minimum absolute atomic E-state index is 0.551. The Hall–Kier alpha value is -0.600. The molecule has 62 valence electrons. The predicted octanol–water partition coefficient (Wildman–Crippen LogP) is 0.619. The van der Waals surface area contributed by atoms with Crippen LogP contribution in [0.2, 0.25) is 0 Å². The second kappa shape index (κ2) is 3.69. The lowest BCUT2D eigenvalue weighted by Gasteiger charge is -2.17. The molecule has 0 amide bonds. The highest BCUT2D eigenvalue weighted by atomic mass is 15.1. The number of allylic oxidation sites excluding steroid dienone is 2. The van der Waals surface area contributed by atoms with Gasteiger partial charge in [0, 0.05) is 19.0 Å². The molecule has 0 aliphatic heterocycles. The fourth-order valence-corrected chi connectivity index (χ4v) is 1.35. The quantitative estimate of drug-likeness (QED) is 0.642. The third-order valence-corrected chi connectivity index (χ3v) is 1.93. The van der Waals surface area contributed by atoms with Gasteiger partial charge in [-0.3, -0.25) is 0 Å². The summed E-state index contributed by atoms with van der Waals surface area (Å²) in [6, 6.07) is 0.